The number of benzene rings is 2. The largest absolute Gasteiger partial charge is 0.339 e. The third kappa shape index (κ3) is 3.47. The van der Waals surface area contributed by atoms with Gasteiger partial charge in [-0.2, -0.15) is 0 Å². The van der Waals surface area contributed by atoms with Crippen molar-refractivity contribution >= 4 is 28.8 Å². The van der Waals surface area contributed by atoms with E-state index in [9.17, 15) is 9.59 Å². The minimum atomic E-state index is -0.0968. The van der Waals surface area contributed by atoms with Crippen LogP contribution in [0.1, 0.15) is 44.0 Å². The van der Waals surface area contributed by atoms with Gasteiger partial charge in [-0.25, -0.2) is 0 Å². The van der Waals surface area contributed by atoms with Crippen LogP contribution in [0, 0.1) is 0 Å². The summed E-state index contributed by atoms with van der Waals surface area (Å²) in [6, 6.07) is 17.7. The fourth-order valence-corrected chi connectivity index (χ4v) is 5.34. The molecule has 4 nitrogen and oxygen atoms in total. The highest BCUT2D eigenvalue weighted by Crippen LogP contribution is 2.39. The summed E-state index contributed by atoms with van der Waals surface area (Å²) in [5.41, 5.74) is 5.24. The highest BCUT2D eigenvalue weighted by molar-refractivity contribution is 7.17. The summed E-state index contributed by atoms with van der Waals surface area (Å²) >= 11 is 1.56. The Morgan fingerprint density at radius 3 is 2.41 bits per heavy atom. The second-order valence-corrected chi connectivity index (χ2v) is 8.71. The van der Waals surface area contributed by atoms with Gasteiger partial charge in [0, 0.05) is 29.2 Å². The van der Waals surface area contributed by atoms with Gasteiger partial charge in [0.1, 0.15) is 0 Å². The molecule has 0 radical (unpaired) electrons. The predicted molar refractivity (Wildman–Crippen MR) is 117 cm³/mol. The Labute approximate surface area is 174 Å². The number of likely N-dealkylation sites (tertiary alicyclic amines) is 1. The molecule has 0 saturated carbocycles. The first-order valence-electron chi connectivity index (χ1n) is 10.1. The van der Waals surface area contributed by atoms with Gasteiger partial charge in [-0.1, -0.05) is 24.3 Å². The number of amides is 2. The fourth-order valence-electron chi connectivity index (χ4n) is 4.18. The van der Waals surface area contributed by atoms with Crippen molar-refractivity contribution in [2.24, 2.45) is 0 Å². The van der Waals surface area contributed by atoms with E-state index in [1.165, 1.54) is 21.6 Å². The highest BCUT2D eigenvalue weighted by atomic mass is 32.1. The summed E-state index contributed by atoms with van der Waals surface area (Å²) in [5.74, 6) is -0.0227. The van der Waals surface area contributed by atoms with Crippen molar-refractivity contribution in [3.8, 4) is 10.4 Å². The Morgan fingerprint density at radius 1 is 0.897 bits per heavy atom. The van der Waals surface area contributed by atoms with Crippen molar-refractivity contribution < 1.29 is 9.59 Å². The maximum absolute atomic E-state index is 12.8. The first-order valence-corrected chi connectivity index (χ1v) is 10.9. The number of nitrogens with one attached hydrogen (secondary N) is 1. The number of hydrogen-bond acceptors (Lipinski definition) is 3. The van der Waals surface area contributed by atoms with Gasteiger partial charge < -0.3 is 10.2 Å². The third-order valence-electron chi connectivity index (χ3n) is 5.74. The van der Waals surface area contributed by atoms with Crippen molar-refractivity contribution in [1.29, 1.82) is 0 Å². The van der Waals surface area contributed by atoms with Gasteiger partial charge in [0.2, 0.25) is 0 Å². The molecule has 0 spiro atoms. The molecule has 2 aromatic carbocycles. The number of aryl methyl sites for hydroxylation is 2. The minimum Gasteiger partial charge on any atom is -0.339 e. The number of carbonyl (C=O) groups is 2. The molecule has 5 rings (SSSR count). The smallest absolute Gasteiger partial charge is 0.265 e. The summed E-state index contributed by atoms with van der Waals surface area (Å²) in [6.07, 6.45) is 4.15. The number of thiophene rings is 1. The summed E-state index contributed by atoms with van der Waals surface area (Å²) in [7, 11) is 0. The number of hydrogen-bond donors (Lipinski definition) is 1. The van der Waals surface area contributed by atoms with Gasteiger partial charge in [0.15, 0.2) is 0 Å². The first kappa shape index (κ1) is 18.1. The van der Waals surface area contributed by atoms with Crippen LogP contribution in [-0.4, -0.2) is 29.8 Å². The summed E-state index contributed by atoms with van der Waals surface area (Å²) in [5, 5.41) is 2.97. The second kappa shape index (κ2) is 7.48. The standard InChI is InChI=1S/C24H22N2O2S/c27-23(21-15-18-8-7-16-5-1-2-6-20(16)22(18)29-21)25-19-11-9-17(10-12-19)24(28)26-13-3-4-14-26/h1-2,5-6,9-12,15H,3-4,7-8,13-14H2,(H,25,27). The van der Waals surface area contributed by atoms with Crippen molar-refractivity contribution in [3.63, 3.8) is 0 Å². The van der Waals surface area contributed by atoms with Crippen LogP contribution >= 0.6 is 11.3 Å². The van der Waals surface area contributed by atoms with Gasteiger partial charge in [-0.05, 0) is 72.7 Å². The topological polar surface area (TPSA) is 49.4 Å². The highest BCUT2D eigenvalue weighted by Gasteiger charge is 2.22. The molecule has 1 aliphatic heterocycles. The molecule has 2 amide bonds. The number of nitrogens with zero attached hydrogens (tertiary/aromatic N) is 1. The van der Waals surface area contributed by atoms with E-state index >= 15 is 0 Å². The monoisotopic (exact) mass is 402 g/mol. The van der Waals surface area contributed by atoms with Crippen molar-refractivity contribution in [2.75, 3.05) is 18.4 Å². The fraction of sp³-hybridized carbons (Fsp3) is 0.250. The van der Waals surface area contributed by atoms with E-state index in [4.69, 9.17) is 0 Å². The van der Waals surface area contributed by atoms with Crippen LogP contribution < -0.4 is 5.32 Å². The average Bonchev–Trinajstić information content (AvgIpc) is 3.44. The molecule has 1 saturated heterocycles. The molecular weight excluding hydrogens is 380 g/mol. The van der Waals surface area contributed by atoms with E-state index in [2.05, 4.69) is 29.6 Å². The molecule has 0 atom stereocenters. The van der Waals surface area contributed by atoms with E-state index in [1.807, 2.05) is 23.1 Å². The zero-order valence-corrected chi connectivity index (χ0v) is 16.9. The van der Waals surface area contributed by atoms with Crippen LogP contribution in [0.5, 0.6) is 0 Å². The Kier molecular flexibility index (Phi) is 4.68. The van der Waals surface area contributed by atoms with E-state index in [-0.39, 0.29) is 11.8 Å². The molecule has 0 bridgehead atoms. The van der Waals surface area contributed by atoms with Crippen molar-refractivity contribution in [1.82, 2.24) is 4.90 Å². The van der Waals surface area contributed by atoms with Crippen molar-refractivity contribution in [3.05, 3.63) is 76.2 Å². The minimum absolute atomic E-state index is 0.0740. The predicted octanol–water partition coefficient (Wildman–Crippen LogP) is 5.00. The van der Waals surface area contributed by atoms with Crippen molar-refractivity contribution in [2.45, 2.75) is 25.7 Å². The maximum Gasteiger partial charge on any atom is 0.265 e. The molecule has 2 heterocycles. The van der Waals surface area contributed by atoms with Crippen LogP contribution in [-0.2, 0) is 12.8 Å². The SMILES string of the molecule is O=C(Nc1ccc(C(=O)N2CCCC2)cc1)c1cc2c(s1)-c1ccccc1CC2. The molecule has 2 aliphatic rings. The molecule has 146 valence electrons. The van der Waals surface area contributed by atoms with E-state index in [0.717, 1.165) is 43.6 Å². The molecule has 3 aromatic rings. The van der Waals surface area contributed by atoms with Gasteiger partial charge in [-0.3, -0.25) is 9.59 Å². The second-order valence-electron chi connectivity index (χ2n) is 7.65. The molecule has 1 aromatic heterocycles. The number of fused-ring (bicyclic) bond motifs is 3. The average molecular weight is 403 g/mol. The molecular formula is C24H22N2O2S. The quantitative estimate of drug-likeness (QED) is 0.670. The van der Waals surface area contributed by atoms with Gasteiger partial charge >= 0.3 is 0 Å². The zero-order valence-electron chi connectivity index (χ0n) is 16.1. The zero-order chi connectivity index (χ0) is 19.8. The summed E-state index contributed by atoms with van der Waals surface area (Å²) in [6.45, 7) is 1.67. The van der Waals surface area contributed by atoms with E-state index in [1.54, 1.807) is 23.5 Å². The van der Waals surface area contributed by atoms with Gasteiger partial charge in [0.25, 0.3) is 11.8 Å². The van der Waals surface area contributed by atoms with Gasteiger partial charge in [-0.15, -0.1) is 11.3 Å². The third-order valence-corrected chi connectivity index (χ3v) is 6.95. The molecule has 1 aliphatic carbocycles. The lowest BCUT2D eigenvalue weighted by Crippen LogP contribution is -2.27. The van der Waals surface area contributed by atoms with Crippen LogP contribution in [0.2, 0.25) is 0 Å². The van der Waals surface area contributed by atoms with Crippen LogP contribution in [0.15, 0.2) is 54.6 Å². The lowest BCUT2D eigenvalue weighted by atomic mass is 9.91. The summed E-state index contributed by atoms with van der Waals surface area (Å²) < 4.78 is 0. The lowest BCUT2D eigenvalue weighted by Gasteiger charge is -2.15. The first-order chi connectivity index (χ1) is 14.2. The Morgan fingerprint density at radius 2 is 1.62 bits per heavy atom. The van der Waals surface area contributed by atoms with E-state index < -0.39 is 0 Å². The molecule has 1 N–H and O–H groups in total. The number of anilines is 1. The Bertz CT molecular complexity index is 1080. The molecule has 0 unspecified atom stereocenters. The Balaban J connectivity index is 1.31. The lowest BCUT2D eigenvalue weighted by molar-refractivity contribution is 0.0792. The summed E-state index contributed by atoms with van der Waals surface area (Å²) in [4.78, 5) is 29.1. The normalized spacial score (nSPS) is 15.0. The van der Waals surface area contributed by atoms with E-state index in [0.29, 0.717) is 11.3 Å². The Hall–Kier alpha value is -2.92. The maximum atomic E-state index is 12.8. The number of carbonyl (C=O) groups excluding carboxylic acids is 2. The van der Waals surface area contributed by atoms with Crippen LogP contribution in [0.4, 0.5) is 5.69 Å². The number of rotatable bonds is 3. The molecule has 5 heteroatoms. The van der Waals surface area contributed by atoms with Gasteiger partial charge in [0.05, 0.1) is 4.88 Å². The van der Waals surface area contributed by atoms with Crippen LogP contribution in [0.25, 0.3) is 10.4 Å². The molecule has 1 fully saturated rings. The van der Waals surface area contributed by atoms with Crippen LogP contribution in [0.3, 0.4) is 0 Å². The molecule has 29 heavy (non-hydrogen) atoms.